The Labute approximate surface area is 214 Å². The van der Waals surface area contributed by atoms with Crippen molar-refractivity contribution in [2.45, 2.75) is 53.0 Å². The lowest BCUT2D eigenvalue weighted by atomic mass is 9.90. The van der Waals surface area contributed by atoms with Gasteiger partial charge in [-0.2, -0.15) is 0 Å². The van der Waals surface area contributed by atoms with Crippen molar-refractivity contribution >= 4 is 30.3 Å². The SMILES string of the molecule is CC.Cc1c(OCc2ccccc2)cc(OCc2ccccc2)c2c1CC(CO)N(SI)C2. The standard InChI is InChI=1S/C25H26INO3S.C2H6/c1-18-22-12-21(15-28)27(31-26)14-23(22)25(30-17-20-10-6-3-7-11-20)13-24(18)29-16-19-8-4-2-5-9-19;1-2/h2-11,13,21,28H,12,14-17H2,1H3;1-2H3. The summed E-state index contributed by atoms with van der Waals surface area (Å²) in [5.41, 5.74) is 5.82. The third-order valence-corrected chi connectivity index (χ3v) is 7.80. The molecule has 3 aromatic rings. The van der Waals surface area contributed by atoms with Crippen molar-refractivity contribution in [3.8, 4) is 11.5 Å². The molecule has 0 aliphatic carbocycles. The van der Waals surface area contributed by atoms with E-state index < -0.39 is 0 Å². The van der Waals surface area contributed by atoms with E-state index in [1.54, 1.807) is 9.12 Å². The summed E-state index contributed by atoms with van der Waals surface area (Å²) < 4.78 is 14.8. The van der Waals surface area contributed by atoms with Gasteiger partial charge in [0, 0.05) is 45.4 Å². The Hall–Kier alpha value is -1.74. The fraction of sp³-hybridized carbons (Fsp3) is 0.333. The summed E-state index contributed by atoms with van der Waals surface area (Å²) in [5.74, 6) is 1.71. The van der Waals surface area contributed by atoms with Gasteiger partial charge in [-0.05, 0) is 44.7 Å². The van der Waals surface area contributed by atoms with Crippen LogP contribution in [0.1, 0.15) is 41.7 Å². The maximum atomic E-state index is 9.93. The second kappa shape index (κ2) is 13.2. The molecule has 0 fully saturated rings. The number of hydrogen-bond donors (Lipinski definition) is 1. The fourth-order valence-electron chi connectivity index (χ4n) is 3.90. The van der Waals surface area contributed by atoms with Crippen LogP contribution in [-0.2, 0) is 26.2 Å². The van der Waals surface area contributed by atoms with Crippen molar-refractivity contribution in [2.24, 2.45) is 0 Å². The number of ether oxygens (including phenoxy) is 2. The quantitative estimate of drug-likeness (QED) is 0.233. The predicted molar refractivity (Wildman–Crippen MR) is 146 cm³/mol. The Kier molecular flexibility index (Phi) is 10.4. The van der Waals surface area contributed by atoms with Gasteiger partial charge < -0.3 is 14.6 Å². The second-order valence-corrected chi connectivity index (χ2v) is 9.48. The Bertz CT molecular complexity index is 1000. The molecule has 1 aliphatic rings. The van der Waals surface area contributed by atoms with E-state index in [1.807, 2.05) is 56.3 Å². The van der Waals surface area contributed by atoms with Gasteiger partial charge in [0.2, 0.25) is 0 Å². The van der Waals surface area contributed by atoms with Crippen LogP contribution in [0.4, 0.5) is 0 Å². The Morgan fingerprint density at radius 3 is 1.97 bits per heavy atom. The number of fused-ring (bicyclic) bond motifs is 1. The number of nitrogens with zero attached hydrogens (tertiary/aromatic N) is 1. The van der Waals surface area contributed by atoms with E-state index in [9.17, 15) is 5.11 Å². The van der Waals surface area contributed by atoms with E-state index >= 15 is 0 Å². The third-order valence-electron chi connectivity index (χ3n) is 5.68. The molecule has 0 spiro atoms. The molecule has 1 heterocycles. The number of rotatable bonds is 8. The Morgan fingerprint density at radius 2 is 1.45 bits per heavy atom. The van der Waals surface area contributed by atoms with Crippen LogP contribution in [0.5, 0.6) is 11.5 Å². The summed E-state index contributed by atoms with van der Waals surface area (Å²) in [7, 11) is 1.64. The molecule has 0 saturated carbocycles. The summed E-state index contributed by atoms with van der Waals surface area (Å²) in [5, 5.41) is 9.93. The maximum absolute atomic E-state index is 9.93. The van der Waals surface area contributed by atoms with Crippen LogP contribution in [0.15, 0.2) is 66.7 Å². The number of aliphatic hydroxyl groups excluding tert-OH is 1. The number of benzene rings is 3. The normalized spacial score (nSPS) is 15.2. The fourth-order valence-corrected chi connectivity index (χ4v) is 5.71. The summed E-state index contributed by atoms with van der Waals surface area (Å²) >= 11 is 2.29. The number of halogens is 1. The van der Waals surface area contributed by atoms with Crippen LogP contribution >= 0.6 is 30.3 Å². The molecule has 0 bridgehead atoms. The highest BCUT2D eigenvalue weighted by molar-refractivity contribution is 14.2. The maximum Gasteiger partial charge on any atom is 0.128 e. The molecule has 0 amide bonds. The highest BCUT2D eigenvalue weighted by atomic mass is 127. The highest BCUT2D eigenvalue weighted by Gasteiger charge is 2.30. The first-order valence-electron chi connectivity index (χ1n) is 11.3. The molecule has 0 saturated heterocycles. The zero-order chi connectivity index (χ0) is 23.6. The van der Waals surface area contributed by atoms with Crippen molar-refractivity contribution in [3.05, 3.63) is 94.5 Å². The molecule has 3 aromatic carbocycles. The molecule has 176 valence electrons. The van der Waals surface area contributed by atoms with Crippen molar-refractivity contribution in [3.63, 3.8) is 0 Å². The van der Waals surface area contributed by atoms with Gasteiger partial charge in [-0.25, -0.2) is 4.31 Å². The minimum absolute atomic E-state index is 0.0828. The van der Waals surface area contributed by atoms with Gasteiger partial charge in [-0.15, -0.1) is 0 Å². The number of hydrogen-bond acceptors (Lipinski definition) is 5. The molecule has 6 heteroatoms. The van der Waals surface area contributed by atoms with Crippen LogP contribution in [0.3, 0.4) is 0 Å². The Morgan fingerprint density at radius 1 is 0.909 bits per heavy atom. The van der Waals surface area contributed by atoms with Gasteiger partial charge >= 0.3 is 0 Å². The van der Waals surface area contributed by atoms with Crippen LogP contribution in [-0.4, -0.2) is 22.1 Å². The summed E-state index contributed by atoms with van der Waals surface area (Å²) in [6.07, 6.45) is 0.776. The molecule has 1 N–H and O–H groups in total. The molecule has 0 radical (unpaired) electrons. The van der Waals surface area contributed by atoms with Crippen LogP contribution < -0.4 is 9.47 Å². The molecular formula is C27H32INO3S. The van der Waals surface area contributed by atoms with E-state index in [0.717, 1.165) is 41.2 Å². The minimum Gasteiger partial charge on any atom is -0.488 e. The predicted octanol–water partition coefficient (Wildman–Crippen LogP) is 6.90. The van der Waals surface area contributed by atoms with Gasteiger partial charge in [0.05, 0.1) is 6.61 Å². The average molecular weight is 578 g/mol. The summed E-state index contributed by atoms with van der Waals surface area (Å²) in [6.45, 7) is 8.00. The van der Waals surface area contributed by atoms with Crippen molar-refractivity contribution < 1.29 is 14.6 Å². The zero-order valence-corrected chi connectivity index (χ0v) is 22.4. The first kappa shape index (κ1) is 25.9. The van der Waals surface area contributed by atoms with E-state index in [4.69, 9.17) is 9.47 Å². The van der Waals surface area contributed by atoms with Crippen LogP contribution in [0.2, 0.25) is 0 Å². The summed E-state index contributed by atoms with van der Waals surface area (Å²) in [4.78, 5) is 0. The topological polar surface area (TPSA) is 41.9 Å². The van der Waals surface area contributed by atoms with Gasteiger partial charge in [-0.3, -0.25) is 0 Å². The first-order chi connectivity index (χ1) is 16.2. The molecule has 4 rings (SSSR count). The first-order valence-corrected chi connectivity index (χ1v) is 14.7. The minimum atomic E-state index is 0.0828. The van der Waals surface area contributed by atoms with Gasteiger partial charge in [-0.1, -0.05) is 74.5 Å². The lowest BCUT2D eigenvalue weighted by molar-refractivity contribution is 0.181. The lowest BCUT2D eigenvalue weighted by Gasteiger charge is -2.35. The van der Waals surface area contributed by atoms with Crippen molar-refractivity contribution in [1.29, 1.82) is 0 Å². The smallest absolute Gasteiger partial charge is 0.128 e. The van der Waals surface area contributed by atoms with Gasteiger partial charge in [0.25, 0.3) is 0 Å². The molecular weight excluding hydrogens is 545 g/mol. The van der Waals surface area contributed by atoms with E-state index in [-0.39, 0.29) is 12.6 Å². The van der Waals surface area contributed by atoms with Crippen molar-refractivity contribution in [1.82, 2.24) is 4.31 Å². The summed E-state index contributed by atoms with van der Waals surface area (Å²) in [6, 6.07) is 22.5. The van der Waals surface area contributed by atoms with E-state index in [1.165, 1.54) is 11.1 Å². The van der Waals surface area contributed by atoms with Gasteiger partial charge in [0.15, 0.2) is 0 Å². The average Bonchev–Trinajstić information content (AvgIpc) is 2.89. The van der Waals surface area contributed by atoms with Crippen molar-refractivity contribution in [2.75, 3.05) is 6.61 Å². The molecule has 0 aromatic heterocycles. The van der Waals surface area contributed by atoms with Crippen LogP contribution in [0.25, 0.3) is 0 Å². The molecule has 1 unspecified atom stereocenters. The van der Waals surface area contributed by atoms with Gasteiger partial charge in [0.1, 0.15) is 24.7 Å². The van der Waals surface area contributed by atoms with E-state index in [2.05, 4.69) is 56.7 Å². The largest absolute Gasteiger partial charge is 0.488 e. The molecule has 4 nitrogen and oxygen atoms in total. The van der Waals surface area contributed by atoms with Crippen LogP contribution in [0, 0.1) is 6.92 Å². The third kappa shape index (κ3) is 6.66. The number of aliphatic hydroxyl groups is 1. The Balaban J connectivity index is 0.00000149. The zero-order valence-electron chi connectivity index (χ0n) is 19.5. The molecule has 1 aliphatic heterocycles. The highest BCUT2D eigenvalue weighted by Crippen LogP contribution is 2.41. The molecule has 1 atom stereocenters. The molecule has 33 heavy (non-hydrogen) atoms. The monoisotopic (exact) mass is 577 g/mol. The lowest BCUT2D eigenvalue weighted by Crippen LogP contribution is -2.38. The van der Waals surface area contributed by atoms with E-state index in [0.29, 0.717) is 13.2 Å². The second-order valence-electron chi connectivity index (χ2n) is 7.69.